The molecule has 1 heterocycles. The van der Waals surface area contributed by atoms with E-state index >= 15 is 0 Å². The molecule has 0 saturated carbocycles. The third kappa shape index (κ3) is 3.03. The fraction of sp³-hybridized carbons (Fsp3) is 0.625. The topological polar surface area (TPSA) is 30.5 Å². The highest BCUT2D eigenvalue weighted by Gasteiger charge is 2.19. The minimum Gasteiger partial charge on any atom is -0.493 e. The molecule has 19 heavy (non-hydrogen) atoms. The minimum absolute atomic E-state index is 0.741. The lowest BCUT2D eigenvalue weighted by atomic mass is 9.89. The van der Waals surface area contributed by atoms with Crippen LogP contribution in [-0.2, 0) is 6.42 Å². The molecule has 2 rings (SSSR count). The Morgan fingerprint density at radius 3 is 2.53 bits per heavy atom. The quantitative estimate of drug-likeness (QED) is 0.906. The zero-order chi connectivity index (χ0) is 13.8. The Bertz CT molecular complexity index is 437. The lowest BCUT2D eigenvalue weighted by Crippen LogP contribution is -2.31. The number of rotatable bonds is 4. The first-order valence-corrected chi connectivity index (χ1v) is 7.09. The molecule has 1 saturated heterocycles. The molecule has 1 atom stereocenters. The van der Waals surface area contributed by atoms with Gasteiger partial charge in [-0.15, -0.1) is 0 Å². The standard InChI is InChI=1S/C16H25NO2/c1-11-8-14(9-13-6-5-7-17-10-13)12(2)16(19-4)15(11)18-3/h8,13,17H,5-7,9-10H2,1-4H3. The van der Waals surface area contributed by atoms with E-state index < -0.39 is 0 Å². The Morgan fingerprint density at radius 2 is 1.95 bits per heavy atom. The van der Waals surface area contributed by atoms with Crippen molar-refractivity contribution < 1.29 is 9.47 Å². The summed E-state index contributed by atoms with van der Waals surface area (Å²) < 4.78 is 11.0. The van der Waals surface area contributed by atoms with Gasteiger partial charge in [-0.25, -0.2) is 0 Å². The van der Waals surface area contributed by atoms with E-state index in [9.17, 15) is 0 Å². The van der Waals surface area contributed by atoms with Crippen LogP contribution < -0.4 is 14.8 Å². The maximum Gasteiger partial charge on any atom is 0.164 e. The van der Waals surface area contributed by atoms with E-state index in [1.165, 1.54) is 30.5 Å². The highest BCUT2D eigenvalue weighted by molar-refractivity contribution is 5.54. The van der Waals surface area contributed by atoms with Crippen LogP contribution >= 0.6 is 0 Å². The van der Waals surface area contributed by atoms with Crippen molar-refractivity contribution in [3.8, 4) is 11.5 Å². The molecule has 0 bridgehead atoms. The number of benzene rings is 1. The molecular weight excluding hydrogens is 238 g/mol. The van der Waals surface area contributed by atoms with Crippen molar-refractivity contribution in [1.29, 1.82) is 0 Å². The predicted molar refractivity (Wildman–Crippen MR) is 78.3 cm³/mol. The number of nitrogens with one attached hydrogen (secondary N) is 1. The molecule has 3 heteroatoms. The van der Waals surface area contributed by atoms with Gasteiger partial charge < -0.3 is 14.8 Å². The zero-order valence-electron chi connectivity index (χ0n) is 12.5. The molecule has 1 aromatic rings. The maximum atomic E-state index is 5.54. The molecule has 0 amide bonds. The summed E-state index contributed by atoms with van der Waals surface area (Å²) in [5.41, 5.74) is 3.77. The molecule has 0 aromatic heterocycles. The monoisotopic (exact) mass is 263 g/mol. The molecule has 0 aliphatic carbocycles. The summed E-state index contributed by atoms with van der Waals surface area (Å²) in [5, 5.41) is 3.48. The lowest BCUT2D eigenvalue weighted by molar-refractivity contribution is 0.347. The number of hydrogen-bond acceptors (Lipinski definition) is 3. The summed E-state index contributed by atoms with van der Waals surface area (Å²) >= 11 is 0. The van der Waals surface area contributed by atoms with Gasteiger partial charge in [0.1, 0.15) is 0 Å². The molecule has 3 nitrogen and oxygen atoms in total. The summed E-state index contributed by atoms with van der Waals surface area (Å²) in [4.78, 5) is 0. The number of methoxy groups -OCH3 is 2. The smallest absolute Gasteiger partial charge is 0.164 e. The number of aryl methyl sites for hydroxylation is 1. The Hall–Kier alpha value is -1.22. The molecular formula is C16H25NO2. The van der Waals surface area contributed by atoms with Gasteiger partial charge in [0.15, 0.2) is 11.5 Å². The Kier molecular flexibility index (Phi) is 4.70. The van der Waals surface area contributed by atoms with E-state index in [1.54, 1.807) is 14.2 Å². The zero-order valence-corrected chi connectivity index (χ0v) is 12.5. The second-order valence-electron chi connectivity index (χ2n) is 5.46. The Balaban J connectivity index is 2.27. The van der Waals surface area contributed by atoms with Crippen LogP contribution in [-0.4, -0.2) is 27.3 Å². The Morgan fingerprint density at radius 1 is 1.21 bits per heavy atom. The Labute approximate surface area is 116 Å². The molecule has 1 aliphatic rings. The van der Waals surface area contributed by atoms with E-state index in [0.29, 0.717) is 0 Å². The first-order chi connectivity index (χ1) is 9.17. The van der Waals surface area contributed by atoms with E-state index in [0.717, 1.165) is 35.9 Å². The van der Waals surface area contributed by atoms with Crippen LogP contribution in [0.15, 0.2) is 6.07 Å². The van der Waals surface area contributed by atoms with E-state index in [4.69, 9.17) is 9.47 Å². The normalized spacial score (nSPS) is 19.3. The van der Waals surface area contributed by atoms with E-state index in [2.05, 4.69) is 25.2 Å². The van der Waals surface area contributed by atoms with Crippen molar-refractivity contribution in [2.45, 2.75) is 33.1 Å². The van der Waals surface area contributed by atoms with Gasteiger partial charge in [0.05, 0.1) is 14.2 Å². The maximum absolute atomic E-state index is 5.54. The van der Waals surface area contributed by atoms with Crippen molar-refractivity contribution in [3.63, 3.8) is 0 Å². The average molecular weight is 263 g/mol. The number of piperidine rings is 1. The molecule has 106 valence electrons. The number of hydrogen-bond donors (Lipinski definition) is 1. The van der Waals surface area contributed by atoms with Gasteiger partial charge in [-0.3, -0.25) is 0 Å². The van der Waals surface area contributed by atoms with Gasteiger partial charge in [-0.1, -0.05) is 6.07 Å². The van der Waals surface area contributed by atoms with Gasteiger partial charge in [0, 0.05) is 0 Å². The van der Waals surface area contributed by atoms with Gasteiger partial charge in [-0.2, -0.15) is 0 Å². The molecule has 1 aliphatic heterocycles. The van der Waals surface area contributed by atoms with Crippen LogP contribution in [0.3, 0.4) is 0 Å². The van der Waals surface area contributed by atoms with Gasteiger partial charge in [0.2, 0.25) is 0 Å². The second-order valence-corrected chi connectivity index (χ2v) is 5.46. The van der Waals surface area contributed by atoms with Crippen LogP contribution in [0.4, 0.5) is 0 Å². The van der Waals surface area contributed by atoms with Crippen molar-refractivity contribution in [2.24, 2.45) is 5.92 Å². The number of ether oxygens (including phenoxy) is 2. The van der Waals surface area contributed by atoms with Crippen molar-refractivity contribution in [1.82, 2.24) is 5.32 Å². The third-order valence-corrected chi connectivity index (χ3v) is 4.09. The predicted octanol–water partition coefficient (Wildman–Crippen LogP) is 2.86. The highest BCUT2D eigenvalue weighted by Crippen LogP contribution is 2.37. The SMILES string of the molecule is COc1c(C)cc(CC2CCCNC2)c(C)c1OC. The van der Waals surface area contributed by atoms with Crippen molar-refractivity contribution in [3.05, 3.63) is 22.8 Å². The van der Waals surface area contributed by atoms with Crippen LogP contribution in [0.25, 0.3) is 0 Å². The lowest BCUT2D eigenvalue weighted by Gasteiger charge is -2.24. The summed E-state index contributed by atoms with van der Waals surface area (Å²) in [6, 6.07) is 2.26. The molecule has 1 aromatic carbocycles. The van der Waals surface area contributed by atoms with Crippen molar-refractivity contribution >= 4 is 0 Å². The van der Waals surface area contributed by atoms with Gasteiger partial charge in [-0.05, 0) is 68.8 Å². The van der Waals surface area contributed by atoms with Crippen LogP contribution in [0.1, 0.15) is 29.5 Å². The average Bonchev–Trinajstić information content (AvgIpc) is 2.43. The first-order valence-electron chi connectivity index (χ1n) is 7.09. The summed E-state index contributed by atoms with van der Waals surface area (Å²) in [7, 11) is 3.42. The van der Waals surface area contributed by atoms with Crippen LogP contribution in [0.5, 0.6) is 11.5 Å². The van der Waals surface area contributed by atoms with Crippen LogP contribution in [0, 0.1) is 19.8 Å². The van der Waals surface area contributed by atoms with Gasteiger partial charge in [0.25, 0.3) is 0 Å². The fourth-order valence-corrected chi connectivity index (χ4v) is 3.05. The second kappa shape index (κ2) is 6.29. The van der Waals surface area contributed by atoms with Crippen molar-refractivity contribution in [2.75, 3.05) is 27.3 Å². The largest absolute Gasteiger partial charge is 0.493 e. The molecule has 1 unspecified atom stereocenters. The third-order valence-electron chi connectivity index (χ3n) is 4.09. The fourth-order valence-electron chi connectivity index (χ4n) is 3.05. The molecule has 1 N–H and O–H groups in total. The summed E-state index contributed by atoms with van der Waals surface area (Å²) in [6.45, 7) is 6.52. The van der Waals surface area contributed by atoms with E-state index in [1.807, 2.05) is 0 Å². The van der Waals surface area contributed by atoms with Crippen LogP contribution in [0.2, 0.25) is 0 Å². The first kappa shape index (κ1) is 14.2. The highest BCUT2D eigenvalue weighted by atomic mass is 16.5. The molecule has 0 radical (unpaired) electrons. The molecule has 0 spiro atoms. The molecule has 1 fully saturated rings. The van der Waals surface area contributed by atoms with Gasteiger partial charge >= 0.3 is 0 Å². The summed E-state index contributed by atoms with van der Waals surface area (Å²) in [5.74, 6) is 2.50. The summed E-state index contributed by atoms with van der Waals surface area (Å²) in [6.07, 6.45) is 3.73. The minimum atomic E-state index is 0.741. The van der Waals surface area contributed by atoms with E-state index in [-0.39, 0.29) is 0 Å².